The van der Waals surface area contributed by atoms with E-state index in [1.165, 1.54) is 11.8 Å². The van der Waals surface area contributed by atoms with Crippen LogP contribution in [0.15, 0.2) is 35.5 Å². The fourth-order valence-corrected chi connectivity index (χ4v) is 3.44. The van der Waals surface area contributed by atoms with Gasteiger partial charge in [0.15, 0.2) is 5.16 Å². The van der Waals surface area contributed by atoms with Gasteiger partial charge in [0, 0.05) is 13.1 Å². The zero-order chi connectivity index (χ0) is 17.6. The number of carbonyl (C=O) groups is 1. The standard InChI is InChI=1S/C17H22N4O3S/c1-3-24-15(22)13(2)25-17-19-18-16(20-9-11-23-12-10-20)21(17)14-7-5-4-6-8-14/h4-8,13H,3,9-12H2,1-2H3/t13-/m1/s1. The summed E-state index contributed by atoms with van der Waals surface area (Å²) < 4.78 is 12.5. The molecule has 0 unspecified atom stereocenters. The average molecular weight is 362 g/mol. The Morgan fingerprint density at radius 1 is 1.28 bits per heavy atom. The quantitative estimate of drug-likeness (QED) is 0.576. The van der Waals surface area contributed by atoms with E-state index in [0.29, 0.717) is 25.0 Å². The number of rotatable bonds is 6. The van der Waals surface area contributed by atoms with Gasteiger partial charge in [0.1, 0.15) is 5.25 Å². The number of ether oxygens (including phenoxy) is 2. The minimum absolute atomic E-state index is 0.247. The molecule has 8 heteroatoms. The van der Waals surface area contributed by atoms with Gasteiger partial charge in [-0.25, -0.2) is 0 Å². The highest BCUT2D eigenvalue weighted by molar-refractivity contribution is 8.00. The number of nitrogens with zero attached hydrogens (tertiary/aromatic N) is 4. The van der Waals surface area contributed by atoms with Gasteiger partial charge in [0.25, 0.3) is 0 Å². The Balaban J connectivity index is 1.92. The molecule has 1 atom stereocenters. The Labute approximate surface area is 151 Å². The van der Waals surface area contributed by atoms with Crippen molar-refractivity contribution >= 4 is 23.7 Å². The lowest BCUT2D eigenvalue weighted by Crippen LogP contribution is -2.37. The second kappa shape index (κ2) is 8.35. The molecule has 2 aromatic rings. The first-order valence-electron chi connectivity index (χ1n) is 8.37. The minimum Gasteiger partial charge on any atom is -0.465 e. The third-order valence-electron chi connectivity index (χ3n) is 3.83. The van der Waals surface area contributed by atoms with Gasteiger partial charge >= 0.3 is 5.97 Å². The highest BCUT2D eigenvalue weighted by Gasteiger charge is 2.25. The number of morpholine rings is 1. The first kappa shape index (κ1) is 17.8. The number of para-hydroxylation sites is 1. The molecule has 2 heterocycles. The van der Waals surface area contributed by atoms with Crippen LogP contribution in [0.3, 0.4) is 0 Å². The van der Waals surface area contributed by atoms with E-state index in [1.807, 2.05) is 41.8 Å². The summed E-state index contributed by atoms with van der Waals surface area (Å²) in [6.07, 6.45) is 0. The largest absolute Gasteiger partial charge is 0.465 e. The van der Waals surface area contributed by atoms with E-state index in [-0.39, 0.29) is 11.2 Å². The molecule has 1 aliphatic heterocycles. The van der Waals surface area contributed by atoms with Crippen molar-refractivity contribution in [2.24, 2.45) is 0 Å². The van der Waals surface area contributed by atoms with Crippen molar-refractivity contribution in [2.45, 2.75) is 24.3 Å². The summed E-state index contributed by atoms with van der Waals surface area (Å²) in [7, 11) is 0. The van der Waals surface area contributed by atoms with Crippen LogP contribution in [0.5, 0.6) is 0 Å². The highest BCUT2D eigenvalue weighted by atomic mass is 32.2. The molecular formula is C17H22N4O3S. The lowest BCUT2D eigenvalue weighted by molar-refractivity contribution is -0.142. The molecule has 0 aliphatic carbocycles. The molecule has 7 nitrogen and oxygen atoms in total. The van der Waals surface area contributed by atoms with Crippen molar-refractivity contribution in [2.75, 3.05) is 37.8 Å². The predicted octanol–water partition coefficient (Wildman–Crippen LogP) is 2.15. The first-order valence-corrected chi connectivity index (χ1v) is 9.25. The maximum atomic E-state index is 12.0. The van der Waals surface area contributed by atoms with Crippen LogP contribution in [0.2, 0.25) is 0 Å². The molecule has 3 rings (SSSR count). The predicted molar refractivity (Wildman–Crippen MR) is 96.3 cm³/mol. The molecule has 0 saturated carbocycles. The summed E-state index contributed by atoms with van der Waals surface area (Å²) in [5, 5.41) is 9.04. The second-order valence-corrected chi connectivity index (χ2v) is 6.87. The number of hydrogen-bond donors (Lipinski definition) is 0. The maximum absolute atomic E-state index is 12.0. The minimum atomic E-state index is -0.357. The molecule has 1 saturated heterocycles. The van der Waals surface area contributed by atoms with Gasteiger partial charge in [-0.15, -0.1) is 10.2 Å². The normalized spacial score (nSPS) is 15.8. The van der Waals surface area contributed by atoms with Crippen LogP contribution < -0.4 is 4.90 Å². The molecule has 0 bridgehead atoms. The Hall–Kier alpha value is -2.06. The molecule has 1 aromatic carbocycles. The zero-order valence-corrected chi connectivity index (χ0v) is 15.2. The molecule has 0 radical (unpaired) electrons. The summed E-state index contributed by atoms with van der Waals surface area (Å²) in [4.78, 5) is 14.1. The van der Waals surface area contributed by atoms with Crippen molar-refractivity contribution in [3.63, 3.8) is 0 Å². The number of anilines is 1. The molecule has 0 N–H and O–H groups in total. The monoisotopic (exact) mass is 362 g/mol. The molecule has 0 amide bonds. The van der Waals surface area contributed by atoms with Gasteiger partial charge in [-0.1, -0.05) is 30.0 Å². The summed E-state index contributed by atoms with van der Waals surface area (Å²) >= 11 is 1.35. The highest BCUT2D eigenvalue weighted by Crippen LogP contribution is 2.29. The molecule has 1 fully saturated rings. The van der Waals surface area contributed by atoms with Gasteiger partial charge in [-0.05, 0) is 26.0 Å². The van der Waals surface area contributed by atoms with E-state index in [1.54, 1.807) is 6.92 Å². The third-order valence-corrected chi connectivity index (χ3v) is 4.85. The fraction of sp³-hybridized carbons (Fsp3) is 0.471. The van der Waals surface area contributed by atoms with Gasteiger partial charge in [0.2, 0.25) is 5.95 Å². The van der Waals surface area contributed by atoms with Crippen LogP contribution in [0.4, 0.5) is 5.95 Å². The number of hydrogen-bond acceptors (Lipinski definition) is 7. The maximum Gasteiger partial charge on any atom is 0.319 e. The summed E-state index contributed by atoms with van der Waals surface area (Å²) in [6.45, 7) is 6.87. The topological polar surface area (TPSA) is 69.5 Å². The number of aromatic nitrogens is 3. The molecule has 1 aliphatic rings. The lowest BCUT2D eigenvalue weighted by atomic mass is 10.3. The van der Waals surface area contributed by atoms with Crippen molar-refractivity contribution in [3.05, 3.63) is 30.3 Å². The van der Waals surface area contributed by atoms with Gasteiger partial charge in [-0.2, -0.15) is 0 Å². The van der Waals surface area contributed by atoms with Crippen LogP contribution in [0.1, 0.15) is 13.8 Å². The van der Waals surface area contributed by atoms with Crippen LogP contribution in [0, 0.1) is 0 Å². The van der Waals surface area contributed by atoms with E-state index >= 15 is 0 Å². The number of esters is 1. The van der Waals surface area contributed by atoms with E-state index in [4.69, 9.17) is 9.47 Å². The van der Waals surface area contributed by atoms with Crippen molar-refractivity contribution in [1.29, 1.82) is 0 Å². The molecule has 0 spiro atoms. The molecular weight excluding hydrogens is 340 g/mol. The van der Waals surface area contributed by atoms with Gasteiger partial charge in [-0.3, -0.25) is 9.36 Å². The Morgan fingerprint density at radius 2 is 2.00 bits per heavy atom. The third kappa shape index (κ3) is 4.13. The van der Waals surface area contributed by atoms with Gasteiger partial charge < -0.3 is 14.4 Å². The van der Waals surface area contributed by atoms with Crippen molar-refractivity contribution in [3.8, 4) is 5.69 Å². The van der Waals surface area contributed by atoms with Crippen LogP contribution >= 0.6 is 11.8 Å². The zero-order valence-electron chi connectivity index (χ0n) is 14.4. The Bertz CT molecular complexity index is 701. The lowest BCUT2D eigenvalue weighted by Gasteiger charge is -2.28. The van der Waals surface area contributed by atoms with E-state index < -0.39 is 0 Å². The smallest absolute Gasteiger partial charge is 0.319 e. The Kier molecular flexibility index (Phi) is 5.93. The van der Waals surface area contributed by atoms with Crippen LogP contribution in [-0.2, 0) is 14.3 Å². The van der Waals surface area contributed by atoms with E-state index in [0.717, 1.165) is 24.7 Å². The Morgan fingerprint density at radius 3 is 2.68 bits per heavy atom. The van der Waals surface area contributed by atoms with Crippen LogP contribution in [-0.4, -0.2) is 58.9 Å². The van der Waals surface area contributed by atoms with E-state index in [2.05, 4.69) is 15.1 Å². The van der Waals surface area contributed by atoms with E-state index in [9.17, 15) is 4.79 Å². The fourth-order valence-electron chi connectivity index (χ4n) is 2.58. The SMILES string of the molecule is CCOC(=O)[C@@H](C)Sc1nnc(N2CCOCC2)n1-c1ccccc1. The number of benzene rings is 1. The molecule has 25 heavy (non-hydrogen) atoms. The van der Waals surface area contributed by atoms with Crippen molar-refractivity contribution < 1.29 is 14.3 Å². The van der Waals surface area contributed by atoms with Gasteiger partial charge in [0.05, 0.1) is 25.5 Å². The summed E-state index contributed by atoms with van der Waals surface area (Å²) in [6, 6.07) is 9.93. The summed E-state index contributed by atoms with van der Waals surface area (Å²) in [5.74, 6) is 0.524. The first-order chi connectivity index (χ1) is 12.2. The average Bonchev–Trinajstić information content (AvgIpc) is 3.07. The number of thioether (sulfide) groups is 1. The molecule has 134 valence electrons. The second-order valence-electron chi connectivity index (χ2n) is 5.57. The number of carbonyl (C=O) groups excluding carboxylic acids is 1. The van der Waals surface area contributed by atoms with Crippen molar-refractivity contribution in [1.82, 2.24) is 14.8 Å². The summed E-state index contributed by atoms with van der Waals surface area (Å²) in [5.41, 5.74) is 0.965. The van der Waals surface area contributed by atoms with Crippen LogP contribution in [0.25, 0.3) is 5.69 Å². The molecule has 1 aromatic heterocycles.